The fourth-order valence-corrected chi connectivity index (χ4v) is 0.937. The normalized spacial score (nSPS) is 9.00. The number of nitrogens with zero attached hydrogens (tertiary/aromatic N) is 1. The highest BCUT2D eigenvalue weighted by molar-refractivity contribution is 5.51. The average Bonchev–Trinajstić information content (AvgIpc) is 2.04. The van der Waals surface area contributed by atoms with Gasteiger partial charge in [-0.1, -0.05) is 0 Å². The third-order valence-corrected chi connectivity index (χ3v) is 1.37. The van der Waals surface area contributed by atoms with Crippen LogP contribution in [-0.4, -0.2) is 6.61 Å². The van der Waals surface area contributed by atoms with Crippen LogP contribution in [0, 0.1) is 11.3 Å². The Kier molecular flexibility index (Phi) is 2.54. The lowest BCUT2D eigenvalue weighted by Crippen LogP contribution is -1.94. The summed E-state index contributed by atoms with van der Waals surface area (Å²) in [4.78, 5) is 0. The van der Waals surface area contributed by atoms with E-state index in [4.69, 9.17) is 15.7 Å². The molecule has 0 aliphatic heterocycles. The van der Waals surface area contributed by atoms with Crippen molar-refractivity contribution >= 4 is 5.69 Å². The van der Waals surface area contributed by atoms with Gasteiger partial charge < -0.3 is 10.5 Å². The van der Waals surface area contributed by atoms with Gasteiger partial charge in [0.15, 0.2) is 0 Å². The van der Waals surface area contributed by atoms with Crippen LogP contribution in [0.25, 0.3) is 0 Å². The van der Waals surface area contributed by atoms with Crippen LogP contribution in [0.5, 0.6) is 5.75 Å². The fraction of sp³-hybridized carbons (Fsp3) is 0.222. The molecule has 0 fully saturated rings. The van der Waals surface area contributed by atoms with E-state index in [0.29, 0.717) is 23.6 Å². The molecule has 0 spiro atoms. The van der Waals surface area contributed by atoms with Gasteiger partial charge in [-0.2, -0.15) is 5.26 Å². The predicted molar refractivity (Wildman–Crippen MR) is 46.7 cm³/mol. The van der Waals surface area contributed by atoms with Gasteiger partial charge in [-0.25, -0.2) is 0 Å². The Balaban J connectivity index is 3.00. The SMILES string of the molecule is CCOc1cc(N)cc(C#N)c1. The minimum absolute atomic E-state index is 0.526. The van der Waals surface area contributed by atoms with E-state index in [1.54, 1.807) is 18.2 Å². The summed E-state index contributed by atoms with van der Waals surface area (Å²) in [7, 11) is 0. The van der Waals surface area contributed by atoms with Crippen LogP contribution < -0.4 is 10.5 Å². The molecule has 1 aromatic carbocycles. The summed E-state index contributed by atoms with van der Waals surface area (Å²) in [6, 6.07) is 6.99. The van der Waals surface area contributed by atoms with E-state index in [2.05, 4.69) is 0 Å². The first-order chi connectivity index (χ1) is 5.76. The van der Waals surface area contributed by atoms with Gasteiger partial charge in [-0.05, 0) is 19.1 Å². The van der Waals surface area contributed by atoms with Crippen molar-refractivity contribution < 1.29 is 4.74 Å². The molecule has 0 aliphatic carbocycles. The van der Waals surface area contributed by atoms with Crippen molar-refractivity contribution in [2.45, 2.75) is 6.92 Å². The highest BCUT2D eigenvalue weighted by atomic mass is 16.5. The van der Waals surface area contributed by atoms with Crippen molar-refractivity contribution in [2.24, 2.45) is 0 Å². The highest BCUT2D eigenvalue weighted by Gasteiger charge is 1.97. The molecule has 0 saturated carbocycles. The smallest absolute Gasteiger partial charge is 0.122 e. The molecule has 0 saturated heterocycles. The van der Waals surface area contributed by atoms with Gasteiger partial charge in [0.25, 0.3) is 0 Å². The van der Waals surface area contributed by atoms with Gasteiger partial charge in [-0.3, -0.25) is 0 Å². The zero-order chi connectivity index (χ0) is 8.97. The number of ether oxygens (including phenoxy) is 1. The molecular formula is C9H10N2O. The molecular weight excluding hydrogens is 152 g/mol. The number of nitrogen functional groups attached to an aromatic ring is 1. The van der Waals surface area contributed by atoms with E-state index in [0.717, 1.165) is 0 Å². The first-order valence-electron chi connectivity index (χ1n) is 3.69. The molecule has 0 heterocycles. The summed E-state index contributed by atoms with van der Waals surface area (Å²) in [5.74, 6) is 0.647. The van der Waals surface area contributed by atoms with Crippen molar-refractivity contribution in [3.8, 4) is 11.8 Å². The monoisotopic (exact) mass is 162 g/mol. The molecule has 0 bridgehead atoms. The van der Waals surface area contributed by atoms with Crippen molar-refractivity contribution in [1.29, 1.82) is 5.26 Å². The maximum atomic E-state index is 8.59. The predicted octanol–water partition coefficient (Wildman–Crippen LogP) is 1.54. The van der Waals surface area contributed by atoms with E-state index in [-0.39, 0.29) is 0 Å². The number of benzene rings is 1. The van der Waals surface area contributed by atoms with Crippen LogP contribution >= 0.6 is 0 Å². The molecule has 0 aliphatic rings. The second kappa shape index (κ2) is 3.63. The molecule has 2 N–H and O–H groups in total. The summed E-state index contributed by atoms with van der Waals surface area (Å²) < 4.78 is 5.20. The molecule has 0 atom stereocenters. The van der Waals surface area contributed by atoms with E-state index < -0.39 is 0 Å². The van der Waals surface area contributed by atoms with Gasteiger partial charge >= 0.3 is 0 Å². The maximum Gasteiger partial charge on any atom is 0.122 e. The second-order valence-electron chi connectivity index (χ2n) is 2.34. The first-order valence-corrected chi connectivity index (χ1v) is 3.69. The van der Waals surface area contributed by atoms with Crippen LogP contribution in [0.2, 0.25) is 0 Å². The zero-order valence-electron chi connectivity index (χ0n) is 6.87. The third kappa shape index (κ3) is 1.89. The number of rotatable bonds is 2. The largest absolute Gasteiger partial charge is 0.494 e. The van der Waals surface area contributed by atoms with Gasteiger partial charge in [0.1, 0.15) is 5.75 Å². The number of anilines is 1. The van der Waals surface area contributed by atoms with Gasteiger partial charge in [0.2, 0.25) is 0 Å². The van der Waals surface area contributed by atoms with Gasteiger partial charge in [0, 0.05) is 11.8 Å². The van der Waals surface area contributed by atoms with E-state index in [9.17, 15) is 0 Å². The summed E-state index contributed by atoms with van der Waals surface area (Å²) >= 11 is 0. The van der Waals surface area contributed by atoms with Crippen LogP contribution in [0.15, 0.2) is 18.2 Å². The lowest BCUT2D eigenvalue weighted by atomic mass is 10.2. The molecule has 0 aromatic heterocycles. The van der Waals surface area contributed by atoms with Gasteiger partial charge in [-0.15, -0.1) is 0 Å². The molecule has 3 nitrogen and oxygen atoms in total. The van der Waals surface area contributed by atoms with E-state index >= 15 is 0 Å². The third-order valence-electron chi connectivity index (χ3n) is 1.37. The average molecular weight is 162 g/mol. The fourth-order valence-electron chi connectivity index (χ4n) is 0.937. The Bertz CT molecular complexity index is 315. The summed E-state index contributed by atoms with van der Waals surface area (Å²) in [5.41, 5.74) is 6.61. The molecule has 12 heavy (non-hydrogen) atoms. The molecule has 0 unspecified atom stereocenters. The molecule has 3 heteroatoms. The molecule has 62 valence electrons. The topological polar surface area (TPSA) is 59.0 Å². The molecule has 0 radical (unpaired) electrons. The van der Waals surface area contributed by atoms with Crippen LogP contribution in [-0.2, 0) is 0 Å². The van der Waals surface area contributed by atoms with Crippen LogP contribution in [0.4, 0.5) is 5.69 Å². The van der Waals surface area contributed by atoms with Crippen LogP contribution in [0.3, 0.4) is 0 Å². The number of nitriles is 1. The summed E-state index contributed by atoms with van der Waals surface area (Å²) in [6.07, 6.45) is 0. The zero-order valence-corrected chi connectivity index (χ0v) is 6.87. The second-order valence-corrected chi connectivity index (χ2v) is 2.34. The first kappa shape index (κ1) is 8.41. The van der Waals surface area contributed by atoms with Crippen molar-refractivity contribution in [2.75, 3.05) is 12.3 Å². The Labute approximate surface area is 71.4 Å². The summed E-state index contributed by atoms with van der Waals surface area (Å²) in [6.45, 7) is 2.46. The number of hydrogen-bond acceptors (Lipinski definition) is 3. The highest BCUT2D eigenvalue weighted by Crippen LogP contribution is 2.17. The summed E-state index contributed by atoms with van der Waals surface area (Å²) in [5, 5.41) is 8.59. The lowest BCUT2D eigenvalue weighted by Gasteiger charge is -2.03. The number of hydrogen-bond donors (Lipinski definition) is 1. The quantitative estimate of drug-likeness (QED) is 0.671. The molecule has 0 amide bonds. The maximum absolute atomic E-state index is 8.59. The van der Waals surface area contributed by atoms with E-state index in [1.807, 2.05) is 13.0 Å². The van der Waals surface area contributed by atoms with Crippen molar-refractivity contribution in [3.05, 3.63) is 23.8 Å². The Hall–Kier alpha value is -1.69. The Morgan fingerprint density at radius 1 is 1.50 bits per heavy atom. The van der Waals surface area contributed by atoms with Gasteiger partial charge in [0.05, 0.1) is 18.2 Å². The molecule has 1 rings (SSSR count). The lowest BCUT2D eigenvalue weighted by molar-refractivity contribution is 0.340. The number of nitrogens with two attached hydrogens (primary N) is 1. The Morgan fingerprint density at radius 3 is 2.83 bits per heavy atom. The van der Waals surface area contributed by atoms with Crippen LogP contribution in [0.1, 0.15) is 12.5 Å². The standard InChI is InChI=1S/C9H10N2O/c1-2-12-9-4-7(6-10)3-8(11)5-9/h3-5H,2,11H2,1H3. The van der Waals surface area contributed by atoms with Crippen molar-refractivity contribution in [1.82, 2.24) is 0 Å². The minimum Gasteiger partial charge on any atom is -0.494 e. The van der Waals surface area contributed by atoms with Crippen molar-refractivity contribution in [3.63, 3.8) is 0 Å². The Morgan fingerprint density at radius 2 is 2.25 bits per heavy atom. The molecule has 1 aromatic rings. The minimum atomic E-state index is 0.526. The van der Waals surface area contributed by atoms with E-state index in [1.165, 1.54) is 0 Å².